The molecular formula is C24H28ClNO. The first-order chi connectivity index (χ1) is 12.7. The number of hydrogen-bond donors (Lipinski definition) is 1. The third kappa shape index (κ3) is 2.42. The summed E-state index contributed by atoms with van der Waals surface area (Å²) in [5.41, 5.74) is 6.25. The zero-order chi connectivity index (χ0) is 17.3. The lowest BCUT2D eigenvalue weighted by atomic mass is 9.65. The highest BCUT2D eigenvalue weighted by Crippen LogP contribution is 2.63. The van der Waals surface area contributed by atoms with Crippen molar-refractivity contribution >= 4 is 12.4 Å². The summed E-state index contributed by atoms with van der Waals surface area (Å²) in [6, 6.07) is 15.3. The fraction of sp³-hybridized carbons (Fsp3) is 0.500. The fourth-order valence-corrected chi connectivity index (χ4v) is 6.87. The predicted molar refractivity (Wildman–Crippen MR) is 111 cm³/mol. The molecule has 3 aliphatic carbocycles. The van der Waals surface area contributed by atoms with E-state index in [1.165, 1.54) is 62.9 Å². The molecule has 1 N–H and O–H groups in total. The first-order valence-corrected chi connectivity index (χ1v) is 10.4. The number of phenolic OH excluding ortho intramolecular Hbond substituents is 1. The Morgan fingerprint density at radius 2 is 1.78 bits per heavy atom. The molecule has 2 aromatic rings. The standard InChI is InChI=1S/C24H27NO.ClH/c26-17-9-10-20-21-12-24(22(20)11-17)15-25(13-16-5-1-2-6-16)14-23(24)19-8-4-3-7-18(19)21;/h3-4,7-11,16,21,23,26H,1-2,5-6,12-15H2;1H. The average molecular weight is 382 g/mol. The molecule has 3 atom stereocenters. The van der Waals surface area contributed by atoms with E-state index in [4.69, 9.17) is 0 Å². The Labute approximate surface area is 168 Å². The van der Waals surface area contributed by atoms with Gasteiger partial charge in [-0.1, -0.05) is 43.2 Å². The van der Waals surface area contributed by atoms with Gasteiger partial charge < -0.3 is 10.0 Å². The van der Waals surface area contributed by atoms with Crippen molar-refractivity contribution in [3.63, 3.8) is 0 Å². The second-order valence-corrected chi connectivity index (χ2v) is 9.21. The quantitative estimate of drug-likeness (QED) is 0.773. The number of fused-ring (bicyclic) bond motifs is 3. The van der Waals surface area contributed by atoms with Crippen LogP contribution in [-0.2, 0) is 5.41 Å². The second kappa shape index (κ2) is 6.25. The molecule has 3 unspecified atom stereocenters. The van der Waals surface area contributed by atoms with Crippen molar-refractivity contribution in [3.8, 4) is 5.75 Å². The highest BCUT2D eigenvalue weighted by molar-refractivity contribution is 5.85. The molecule has 2 aromatic carbocycles. The maximum atomic E-state index is 10.2. The molecule has 0 aromatic heterocycles. The number of rotatable bonds is 2. The van der Waals surface area contributed by atoms with E-state index in [1.54, 1.807) is 11.1 Å². The van der Waals surface area contributed by atoms with Gasteiger partial charge in [-0.15, -0.1) is 12.4 Å². The molecule has 1 saturated carbocycles. The number of phenols is 1. The van der Waals surface area contributed by atoms with Crippen LogP contribution in [0.5, 0.6) is 5.75 Å². The van der Waals surface area contributed by atoms with E-state index in [1.807, 2.05) is 6.07 Å². The van der Waals surface area contributed by atoms with E-state index in [-0.39, 0.29) is 17.8 Å². The van der Waals surface area contributed by atoms with Crippen LogP contribution in [0.3, 0.4) is 0 Å². The monoisotopic (exact) mass is 381 g/mol. The summed E-state index contributed by atoms with van der Waals surface area (Å²) in [4.78, 5) is 2.76. The van der Waals surface area contributed by atoms with Gasteiger partial charge in [0.05, 0.1) is 0 Å². The normalized spacial score (nSPS) is 31.3. The minimum Gasteiger partial charge on any atom is -0.508 e. The van der Waals surface area contributed by atoms with Gasteiger partial charge in [-0.25, -0.2) is 0 Å². The second-order valence-electron chi connectivity index (χ2n) is 9.21. The Balaban J connectivity index is 0.00000160. The molecule has 2 nitrogen and oxygen atoms in total. The van der Waals surface area contributed by atoms with E-state index >= 15 is 0 Å². The molecule has 1 spiro atoms. The Morgan fingerprint density at radius 1 is 1.00 bits per heavy atom. The van der Waals surface area contributed by atoms with Crippen molar-refractivity contribution in [1.29, 1.82) is 0 Å². The van der Waals surface area contributed by atoms with Crippen molar-refractivity contribution in [2.75, 3.05) is 19.6 Å². The van der Waals surface area contributed by atoms with Crippen LogP contribution < -0.4 is 0 Å². The molecule has 6 rings (SSSR count). The van der Waals surface area contributed by atoms with Crippen LogP contribution in [0.1, 0.15) is 66.2 Å². The van der Waals surface area contributed by atoms with Gasteiger partial charge in [-0.05, 0) is 59.6 Å². The van der Waals surface area contributed by atoms with Crippen LogP contribution in [0.25, 0.3) is 0 Å². The van der Waals surface area contributed by atoms with Gasteiger partial charge in [0.2, 0.25) is 0 Å². The van der Waals surface area contributed by atoms with Gasteiger partial charge in [-0.2, -0.15) is 0 Å². The predicted octanol–water partition coefficient (Wildman–Crippen LogP) is 5.19. The lowest BCUT2D eigenvalue weighted by Gasteiger charge is -2.37. The maximum Gasteiger partial charge on any atom is 0.115 e. The summed E-state index contributed by atoms with van der Waals surface area (Å²) in [6.07, 6.45) is 6.92. The Hall–Kier alpha value is -1.51. The summed E-state index contributed by atoms with van der Waals surface area (Å²) in [5.74, 6) is 2.44. The average Bonchev–Trinajstić information content (AvgIpc) is 3.35. The Bertz CT molecular complexity index is 874. The lowest BCUT2D eigenvalue weighted by Crippen LogP contribution is -2.35. The Kier molecular flexibility index (Phi) is 4.07. The van der Waals surface area contributed by atoms with Gasteiger partial charge in [0, 0.05) is 36.9 Å². The van der Waals surface area contributed by atoms with Crippen molar-refractivity contribution in [1.82, 2.24) is 4.90 Å². The Morgan fingerprint density at radius 3 is 2.59 bits per heavy atom. The summed E-state index contributed by atoms with van der Waals surface area (Å²) in [6.45, 7) is 3.64. The van der Waals surface area contributed by atoms with Crippen LogP contribution in [0.4, 0.5) is 0 Å². The molecule has 3 heteroatoms. The smallest absolute Gasteiger partial charge is 0.115 e. The van der Waals surface area contributed by atoms with Gasteiger partial charge in [-0.3, -0.25) is 0 Å². The van der Waals surface area contributed by atoms with Gasteiger partial charge >= 0.3 is 0 Å². The number of benzene rings is 2. The van der Waals surface area contributed by atoms with Crippen molar-refractivity contribution < 1.29 is 5.11 Å². The van der Waals surface area contributed by atoms with Crippen molar-refractivity contribution in [3.05, 3.63) is 64.7 Å². The van der Waals surface area contributed by atoms with E-state index < -0.39 is 0 Å². The maximum absolute atomic E-state index is 10.2. The molecule has 0 radical (unpaired) electrons. The first-order valence-electron chi connectivity index (χ1n) is 10.4. The highest BCUT2D eigenvalue weighted by atomic mass is 35.5. The van der Waals surface area contributed by atoms with Crippen LogP contribution in [0.2, 0.25) is 0 Å². The molecule has 1 saturated heterocycles. The molecule has 2 fully saturated rings. The lowest BCUT2D eigenvalue weighted by molar-refractivity contribution is 0.260. The van der Waals surface area contributed by atoms with Gasteiger partial charge in [0.15, 0.2) is 0 Å². The molecule has 1 heterocycles. The highest BCUT2D eigenvalue weighted by Gasteiger charge is 2.58. The number of halogens is 1. The number of nitrogens with zero attached hydrogens (tertiary/aromatic N) is 1. The summed E-state index contributed by atoms with van der Waals surface area (Å²) >= 11 is 0. The minimum absolute atomic E-state index is 0. The van der Waals surface area contributed by atoms with E-state index in [9.17, 15) is 5.11 Å². The van der Waals surface area contributed by atoms with Crippen LogP contribution in [0.15, 0.2) is 42.5 Å². The third-order valence-electron chi connectivity index (χ3n) is 7.87. The largest absolute Gasteiger partial charge is 0.508 e. The molecular weight excluding hydrogens is 354 g/mol. The number of aromatic hydroxyl groups is 1. The summed E-state index contributed by atoms with van der Waals surface area (Å²) < 4.78 is 0. The molecule has 1 aliphatic heterocycles. The molecule has 27 heavy (non-hydrogen) atoms. The SMILES string of the molecule is Cl.Oc1ccc2c(c1)C13CC2c2ccccc2C1CN(CC1CCCC1)C3. The van der Waals surface area contributed by atoms with E-state index in [0.29, 0.717) is 17.6 Å². The summed E-state index contributed by atoms with van der Waals surface area (Å²) in [7, 11) is 0. The van der Waals surface area contributed by atoms with Crippen LogP contribution in [-0.4, -0.2) is 29.6 Å². The third-order valence-corrected chi connectivity index (χ3v) is 7.87. The summed E-state index contributed by atoms with van der Waals surface area (Å²) in [5, 5.41) is 10.2. The van der Waals surface area contributed by atoms with Crippen LogP contribution in [0, 0.1) is 5.92 Å². The van der Waals surface area contributed by atoms with Gasteiger partial charge in [0.1, 0.15) is 5.75 Å². The fourth-order valence-electron chi connectivity index (χ4n) is 6.87. The zero-order valence-electron chi connectivity index (χ0n) is 15.7. The molecule has 4 aliphatic rings. The molecule has 0 amide bonds. The molecule has 2 bridgehead atoms. The number of hydrogen-bond acceptors (Lipinski definition) is 2. The van der Waals surface area contributed by atoms with Crippen molar-refractivity contribution in [2.24, 2.45) is 5.92 Å². The minimum atomic E-state index is 0. The topological polar surface area (TPSA) is 23.5 Å². The first kappa shape index (κ1) is 17.6. The van der Waals surface area contributed by atoms with E-state index in [0.717, 1.165) is 5.92 Å². The van der Waals surface area contributed by atoms with E-state index in [2.05, 4.69) is 41.3 Å². The zero-order valence-corrected chi connectivity index (χ0v) is 16.5. The van der Waals surface area contributed by atoms with Crippen LogP contribution >= 0.6 is 12.4 Å². The number of likely N-dealkylation sites (tertiary alicyclic amines) is 1. The van der Waals surface area contributed by atoms with Crippen molar-refractivity contribution in [2.45, 2.75) is 49.4 Å². The van der Waals surface area contributed by atoms with Gasteiger partial charge in [0.25, 0.3) is 0 Å². The molecule has 142 valence electrons.